The summed E-state index contributed by atoms with van der Waals surface area (Å²) in [4.78, 5) is 0.887. The molecule has 0 atom stereocenters. The Kier molecular flexibility index (Phi) is 3.50. The van der Waals surface area contributed by atoms with Crippen LogP contribution in [0.2, 0.25) is 0 Å². The van der Waals surface area contributed by atoms with E-state index in [1.54, 1.807) is 11.3 Å². The summed E-state index contributed by atoms with van der Waals surface area (Å²) >= 11 is 1.60. The van der Waals surface area contributed by atoms with Crippen molar-refractivity contribution >= 4 is 16.3 Å². The van der Waals surface area contributed by atoms with Crippen molar-refractivity contribution in [3.8, 4) is 0 Å². The van der Waals surface area contributed by atoms with E-state index in [1.165, 1.54) is 0 Å². The predicted octanol–water partition coefficient (Wildman–Crippen LogP) is 1.49. The molecule has 2 aromatic rings. The molecule has 0 radical (unpaired) electrons. The fraction of sp³-hybridized carbons (Fsp3) is 0.700. The minimum absolute atomic E-state index is 0.664. The largest absolute Gasteiger partial charge is 0.310 e. The Morgan fingerprint density at radius 2 is 2.19 bits per heavy atom. The lowest BCUT2D eigenvalue weighted by Gasteiger charge is -2.04. The zero-order valence-electron chi connectivity index (χ0n) is 9.90. The van der Waals surface area contributed by atoms with Crippen molar-refractivity contribution < 1.29 is 0 Å². The standard InChI is InChI=1S/C10H17N5S/c1-4-8-12-13-10-15(8)14-9(16-10)6-11-5-7(2)3/h7,11H,4-6H2,1-3H3. The molecule has 88 valence electrons. The predicted molar refractivity (Wildman–Crippen MR) is 64.6 cm³/mol. The molecular weight excluding hydrogens is 222 g/mol. The van der Waals surface area contributed by atoms with Gasteiger partial charge in [0.1, 0.15) is 5.01 Å². The first kappa shape index (κ1) is 11.5. The van der Waals surface area contributed by atoms with Gasteiger partial charge in [0, 0.05) is 13.0 Å². The van der Waals surface area contributed by atoms with E-state index < -0.39 is 0 Å². The van der Waals surface area contributed by atoms with Crippen LogP contribution in [0.5, 0.6) is 0 Å². The van der Waals surface area contributed by atoms with Crippen LogP contribution < -0.4 is 5.32 Å². The molecular formula is C10H17N5S. The molecule has 1 N–H and O–H groups in total. The molecule has 0 fully saturated rings. The molecule has 2 rings (SSSR count). The molecule has 0 saturated heterocycles. The lowest BCUT2D eigenvalue weighted by Crippen LogP contribution is -2.19. The van der Waals surface area contributed by atoms with Gasteiger partial charge in [-0.2, -0.15) is 9.61 Å². The third kappa shape index (κ3) is 2.38. The Balaban J connectivity index is 2.05. The molecule has 0 bridgehead atoms. The highest BCUT2D eigenvalue weighted by Crippen LogP contribution is 2.13. The summed E-state index contributed by atoms with van der Waals surface area (Å²) in [6.07, 6.45) is 0.865. The Morgan fingerprint density at radius 1 is 1.38 bits per heavy atom. The van der Waals surface area contributed by atoms with Gasteiger partial charge < -0.3 is 5.32 Å². The zero-order chi connectivity index (χ0) is 11.5. The molecule has 0 saturated carbocycles. The van der Waals surface area contributed by atoms with Crippen LogP contribution in [0.25, 0.3) is 4.96 Å². The van der Waals surface area contributed by atoms with E-state index in [0.29, 0.717) is 5.92 Å². The minimum atomic E-state index is 0.664. The van der Waals surface area contributed by atoms with Gasteiger partial charge in [0.2, 0.25) is 4.96 Å². The number of nitrogens with zero attached hydrogens (tertiary/aromatic N) is 4. The molecule has 2 aromatic heterocycles. The third-order valence-electron chi connectivity index (χ3n) is 2.24. The van der Waals surface area contributed by atoms with Crippen LogP contribution in [0, 0.1) is 5.92 Å². The summed E-state index contributed by atoms with van der Waals surface area (Å²) in [5, 5.41) is 17.1. The van der Waals surface area contributed by atoms with Gasteiger partial charge in [0.05, 0.1) is 0 Å². The smallest absolute Gasteiger partial charge is 0.234 e. The van der Waals surface area contributed by atoms with Crippen molar-refractivity contribution in [1.29, 1.82) is 0 Å². The molecule has 0 aromatic carbocycles. The topological polar surface area (TPSA) is 55.1 Å². The molecule has 0 aliphatic carbocycles. The second kappa shape index (κ2) is 4.88. The second-order valence-electron chi connectivity index (χ2n) is 4.18. The molecule has 16 heavy (non-hydrogen) atoms. The fourth-order valence-electron chi connectivity index (χ4n) is 1.46. The SMILES string of the molecule is CCc1nnc2sc(CNCC(C)C)nn12. The maximum Gasteiger partial charge on any atom is 0.234 e. The number of hydrogen-bond donors (Lipinski definition) is 1. The van der Waals surface area contributed by atoms with Crippen LogP contribution in [-0.2, 0) is 13.0 Å². The van der Waals surface area contributed by atoms with Gasteiger partial charge in [0.25, 0.3) is 0 Å². The van der Waals surface area contributed by atoms with Crippen molar-refractivity contribution in [2.24, 2.45) is 5.92 Å². The van der Waals surface area contributed by atoms with Crippen molar-refractivity contribution in [2.45, 2.75) is 33.7 Å². The average Bonchev–Trinajstić information content (AvgIpc) is 2.76. The maximum absolute atomic E-state index is 4.49. The highest BCUT2D eigenvalue weighted by atomic mass is 32.1. The van der Waals surface area contributed by atoms with Crippen LogP contribution in [0.3, 0.4) is 0 Å². The van der Waals surface area contributed by atoms with Crippen LogP contribution in [-0.4, -0.2) is 26.4 Å². The molecule has 5 nitrogen and oxygen atoms in total. The van der Waals surface area contributed by atoms with Crippen LogP contribution >= 0.6 is 11.3 Å². The van der Waals surface area contributed by atoms with Gasteiger partial charge in [0.15, 0.2) is 5.82 Å². The fourth-order valence-corrected chi connectivity index (χ4v) is 2.28. The highest BCUT2D eigenvalue weighted by molar-refractivity contribution is 7.16. The molecule has 2 heterocycles. The highest BCUT2D eigenvalue weighted by Gasteiger charge is 2.09. The Labute approximate surface area is 98.9 Å². The summed E-state index contributed by atoms with van der Waals surface area (Å²) in [7, 11) is 0. The van der Waals surface area contributed by atoms with Gasteiger partial charge in [-0.25, -0.2) is 0 Å². The number of aryl methyl sites for hydroxylation is 1. The molecule has 0 spiro atoms. The summed E-state index contributed by atoms with van der Waals surface area (Å²) in [5.74, 6) is 1.60. The van der Waals surface area contributed by atoms with E-state index in [2.05, 4.69) is 41.4 Å². The van der Waals surface area contributed by atoms with E-state index >= 15 is 0 Å². The van der Waals surface area contributed by atoms with Crippen molar-refractivity contribution in [1.82, 2.24) is 25.1 Å². The third-order valence-corrected chi connectivity index (χ3v) is 3.14. The number of nitrogens with one attached hydrogen (secondary N) is 1. The summed E-state index contributed by atoms with van der Waals surface area (Å²) < 4.78 is 1.84. The van der Waals surface area contributed by atoms with Crippen LogP contribution in [0.4, 0.5) is 0 Å². The molecule has 0 unspecified atom stereocenters. The maximum atomic E-state index is 4.49. The van der Waals surface area contributed by atoms with E-state index in [4.69, 9.17) is 0 Å². The normalized spacial score (nSPS) is 11.8. The van der Waals surface area contributed by atoms with Gasteiger partial charge in [-0.3, -0.25) is 0 Å². The van der Waals surface area contributed by atoms with E-state index in [1.807, 2.05) is 4.52 Å². The zero-order valence-corrected chi connectivity index (χ0v) is 10.7. The number of fused-ring (bicyclic) bond motifs is 1. The van der Waals surface area contributed by atoms with E-state index in [-0.39, 0.29) is 0 Å². The first-order valence-electron chi connectivity index (χ1n) is 5.61. The Morgan fingerprint density at radius 3 is 2.88 bits per heavy atom. The van der Waals surface area contributed by atoms with E-state index in [9.17, 15) is 0 Å². The van der Waals surface area contributed by atoms with Crippen LogP contribution in [0.1, 0.15) is 31.6 Å². The minimum Gasteiger partial charge on any atom is -0.310 e. The second-order valence-corrected chi connectivity index (χ2v) is 5.23. The van der Waals surface area contributed by atoms with Crippen molar-refractivity contribution in [2.75, 3.05) is 6.54 Å². The van der Waals surface area contributed by atoms with Gasteiger partial charge in [-0.05, 0) is 12.5 Å². The molecule has 0 aliphatic heterocycles. The lowest BCUT2D eigenvalue weighted by atomic mass is 10.2. The van der Waals surface area contributed by atoms with E-state index in [0.717, 1.165) is 35.3 Å². The van der Waals surface area contributed by atoms with Gasteiger partial charge in [-0.1, -0.05) is 32.1 Å². The lowest BCUT2D eigenvalue weighted by molar-refractivity contribution is 0.549. The van der Waals surface area contributed by atoms with Crippen molar-refractivity contribution in [3.63, 3.8) is 0 Å². The Bertz CT molecular complexity index is 459. The number of hydrogen-bond acceptors (Lipinski definition) is 5. The monoisotopic (exact) mass is 239 g/mol. The first-order valence-corrected chi connectivity index (χ1v) is 6.43. The van der Waals surface area contributed by atoms with Gasteiger partial charge in [-0.15, -0.1) is 10.2 Å². The van der Waals surface area contributed by atoms with Crippen LogP contribution in [0.15, 0.2) is 0 Å². The quantitative estimate of drug-likeness (QED) is 0.859. The van der Waals surface area contributed by atoms with Gasteiger partial charge >= 0.3 is 0 Å². The molecule has 0 amide bonds. The molecule has 6 heteroatoms. The first-order chi connectivity index (χ1) is 7.70. The summed E-state index contributed by atoms with van der Waals surface area (Å²) in [5.41, 5.74) is 0. The Hall–Kier alpha value is -1.01. The number of rotatable bonds is 5. The summed E-state index contributed by atoms with van der Waals surface area (Å²) in [6.45, 7) is 8.28. The number of aromatic nitrogens is 4. The average molecular weight is 239 g/mol. The molecule has 0 aliphatic rings. The summed E-state index contributed by atoms with van der Waals surface area (Å²) in [6, 6.07) is 0. The van der Waals surface area contributed by atoms with Crippen molar-refractivity contribution in [3.05, 3.63) is 10.8 Å².